The molecule has 1 amide bonds. The van der Waals surface area contributed by atoms with E-state index in [1.807, 2.05) is 0 Å². The molecule has 0 saturated heterocycles. The molecule has 1 aromatic rings. The minimum Gasteiger partial charge on any atom is -0.345 e. The minimum absolute atomic E-state index is 0.0249. The normalized spacial score (nSPS) is 17.2. The van der Waals surface area contributed by atoms with E-state index in [-0.39, 0.29) is 23.8 Å². The Bertz CT molecular complexity index is 668. The highest BCUT2D eigenvalue weighted by molar-refractivity contribution is 7.99. The van der Waals surface area contributed by atoms with Gasteiger partial charge in [-0.1, -0.05) is 32.3 Å². The number of nitrogens with one attached hydrogen (secondary N) is 1. The first kappa shape index (κ1) is 19.2. The van der Waals surface area contributed by atoms with Gasteiger partial charge < -0.3 is 5.32 Å². The van der Waals surface area contributed by atoms with Crippen LogP contribution >= 0.6 is 11.8 Å². The zero-order valence-corrected chi connectivity index (χ0v) is 15.0. The van der Waals surface area contributed by atoms with Crippen molar-refractivity contribution in [1.29, 1.82) is 0 Å². The van der Waals surface area contributed by atoms with Gasteiger partial charge in [0.1, 0.15) is 0 Å². The molecule has 0 bridgehead atoms. The van der Waals surface area contributed by atoms with Crippen LogP contribution in [0.5, 0.6) is 0 Å². The van der Waals surface area contributed by atoms with Crippen LogP contribution in [-0.2, 0) is 9.59 Å². The van der Waals surface area contributed by atoms with E-state index < -0.39 is 11.0 Å². The maximum absolute atomic E-state index is 11.7. The van der Waals surface area contributed by atoms with E-state index in [9.17, 15) is 19.7 Å². The quantitative estimate of drug-likeness (QED) is 0.327. The molecule has 0 radical (unpaired) electrons. The number of nitrogens with zero attached hydrogens (tertiary/aromatic N) is 1. The Kier molecular flexibility index (Phi) is 7.18. The molecule has 6 nitrogen and oxygen atoms in total. The molecule has 0 saturated carbocycles. The molecular formula is C18H22N2O4S. The predicted octanol–water partition coefficient (Wildman–Crippen LogP) is 3.95. The molecule has 1 aliphatic heterocycles. The molecule has 0 spiro atoms. The maximum atomic E-state index is 11.7. The monoisotopic (exact) mass is 362 g/mol. The number of hydrogen-bond acceptors (Lipinski definition) is 5. The fourth-order valence-electron chi connectivity index (χ4n) is 2.64. The summed E-state index contributed by atoms with van der Waals surface area (Å²) >= 11 is 1.48. The Morgan fingerprint density at radius 1 is 1.24 bits per heavy atom. The molecule has 1 atom stereocenters. The summed E-state index contributed by atoms with van der Waals surface area (Å²) in [7, 11) is 0. The minimum atomic E-state index is -0.544. The molecule has 0 fully saturated rings. The molecule has 0 aromatic heterocycles. The topological polar surface area (TPSA) is 89.3 Å². The number of carbonyl (C=O) groups excluding carboxylic acids is 2. The standard InChI is InChI=1S/C18H22N2O4S/c1-2-3-4-5-10-25-17-8-6-13(11-16(17)20(23)24)15-12-14(21)7-9-18(22)19-15/h6-9,11,15H,2-5,10,12H2,1H3,(H,19,22). The highest BCUT2D eigenvalue weighted by Gasteiger charge is 2.23. The van der Waals surface area contributed by atoms with E-state index >= 15 is 0 Å². The van der Waals surface area contributed by atoms with Crippen LogP contribution in [0.2, 0.25) is 0 Å². The molecule has 25 heavy (non-hydrogen) atoms. The van der Waals surface area contributed by atoms with Crippen molar-refractivity contribution in [1.82, 2.24) is 5.32 Å². The van der Waals surface area contributed by atoms with Gasteiger partial charge in [0.15, 0.2) is 5.78 Å². The lowest BCUT2D eigenvalue weighted by Gasteiger charge is -2.16. The van der Waals surface area contributed by atoms with E-state index in [1.165, 1.54) is 36.4 Å². The SMILES string of the molecule is CCCCCCSc1ccc(C2CC(=O)C=CC(=O)N2)cc1[N+](=O)[O-]. The first-order chi connectivity index (χ1) is 12.0. The summed E-state index contributed by atoms with van der Waals surface area (Å²) in [5.74, 6) is 0.288. The second-order valence-electron chi connectivity index (χ2n) is 5.96. The van der Waals surface area contributed by atoms with Crippen molar-refractivity contribution in [3.05, 3.63) is 46.0 Å². The van der Waals surface area contributed by atoms with Crippen molar-refractivity contribution in [2.75, 3.05) is 5.75 Å². The number of benzene rings is 1. The van der Waals surface area contributed by atoms with Crippen LogP contribution in [0.4, 0.5) is 5.69 Å². The Hall–Kier alpha value is -2.15. The number of unbranched alkanes of at least 4 members (excludes halogenated alkanes) is 3. The van der Waals surface area contributed by atoms with E-state index in [0.29, 0.717) is 10.5 Å². The Morgan fingerprint density at radius 2 is 2.04 bits per heavy atom. The second kappa shape index (κ2) is 9.36. The molecular weight excluding hydrogens is 340 g/mol. The molecule has 7 heteroatoms. The van der Waals surface area contributed by atoms with E-state index in [4.69, 9.17) is 0 Å². The highest BCUT2D eigenvalue weighted by atomic mass is 32.2. The molecule has 1 aliphatic rings. The van der Waals surface area contributed by atoms with Crippen LogP contribution in [0.3, 0.4) is 0 Å². The van der Waals surface area contributed by atoms with E-state index in [2.05, 4.69) is 12.2 Å². The lowest BCUT2D eigenvalue weighted by molar-refractivity contribution is -0.387. The van der Waals surface area contributed by atoms with Crippen LogP contribution in [0.25, 0.3) is 0 Å². The van der Waals surface area contributed by atoms with Crippen molar-refractivity contribution < 1.29 is 14.5 Å². The number of ketones is 1. The van der Waals surface area contributed by atoms with Crippen molar-refractivity contribution in [2.24, 2.45) is 0 Å². The number of rotatable bonds is 8. The number of amides is 1. The summed E-state index contributed by atoms with van der Waals surface area (Å²) in [4.78, 5) is 35.0. The van der Waals surface area contributed by atoms with Gasteiger partial charge in [0.2, 0.25) is 5.91 Å². The largest absolute Gasteiger partial charge is 0.345 e. The van der Waals surface area contributed by atoms with Gasteiger partial charge in [0.05, 0.1) is 15.9 Å². The molecule has 1 aromatic carbocycles. The van der Waals surface area contributed by atoms with Crippen LogP contribution in [0.15, 0.2) is 35.2 Å². The van der Waals surface area contributed by atoms with Gasteiger partial charge in [0, 0.05) is 18.6 Å². The molecule has 134 valence electrons. The fourth-order valence-corrected chi connectivity index (χ4v) is 3.65. The Morgan fingerprint density at radius 3 is 2.76 bits per heavy atom. The first-order valence-corrected chi connectivity index (χ1v) is 9.42. The van der Waals surface area contributed by atoms with Gasteiger partial charge in [-0.2, -0.15) is 0 Å². The third-order valence-electron chi connectivity index (χ3n) is 3.98. The number of nitro benzene ring substituents is 1. The van der Waals surface area contributed by atoms with Crippen molar-refractivity contribution >= 4 is 29.1 Å². The van der Waals surface area contributed by atoms with Gasteiger partial charge in [-0.3, -0.25) is 19.7 Å². The number of carbonyl (C=O) groups is 2. The zero-order chi connectivity index (χ0) is 18.2. The van der Waals surface area contributed by atoms with Gasteiger partial charge in [-0.25, -0.2) is 0 Å². The Labute approximate surface area is 151 Å². The summed E-state index contributed by atoms with van der Waals surface area (Å²) < 4.78 is 0. The summed E-state index contributed by atoms with van der Waals surface area (Å²) in [6.45, 7) is 2.14. The molecule has 1 N–H and O–H groups in total. The van der Waals surface area contributed by atoms with Gasteiger partial charge in [0.25, 0.3) is 5.69 Å². The van der Waals surface area contributed by atoms with Crippen molar-refractivity contribution in [3.63, 3.8) is 0 Å². The fraction of sp³-hybridized carbons (Fsp3) is 0.444. The maximum Gasteiger partial charge on any atom is 0.283 e. The predicted molar refractivity (Wildman–Crippen MR) is 97.6 cm³/mol. The molecule has 1 heterocycles. The summed E-state index contributed by atoms with van der Waals surface area (Å²) in [5.41, 5.74) is 0.601. The van der Waals surface area contributed by atoms with E-state index in [1.54, 1.807) is 12.1 Å². The summed E-state index contributed by atoms with van der Waals surface area (Å²) in [6.07, 6.45) is 7.00. The molecule has 2 rings (SSSR count). The van der Waals surface area contributed by atoms with Crippen LogP contribution in [0.1, 0.15) is 50.6 Å². The number of hydrogen-bond donors (Lipinski definition) is 1. The number of nitro groups is 1. The van der Waals surface area contributed by atoms with Crippen LogP contribution in [-0.4, -0.2) is 22.4 Å². The van der Waals surface area contributed by atoms with Gasteiger partial charge >= 0.3 is 0 Å². The van der Waals surface area contributed by atoms with Gasteiger partial charge in [-0.15, -0.1) is 11.8 Å². The average Bonchev–Trinajstić information content (AvgIpc) is 2.75. The summed E-state index contributed by atoms with van der Waals surface area (Å²) in [6, 6.07) is 4.40. The molecule has 1 unspecified atom stereocenters. The number of allylic oxidation sites excluding steroid dienone is 1. The van der Waals surface area contributed by atoms with Gasteiger partial charge in [-0.05, 0) is 29.9 Å². The number of thioether (sulfide) groups is 1. The average molecular weight is 362 g/mol. The smallest absolute Gasteiger partial charge is 0.283 e. The van der Waals surface area contributed by atoms with Crippen molar-refractivity contribution in [3.8, 4) is 0 Å². The van der Waals surface area contributed by atoms with Crippen LogP contribution in [0, 0.1) is 10.1 Å². The van der Waals surface area contributed by atoms with Crippen molar-refractivity contribution in [2.45, 2.75) is 50.0 Å². The third-order valence-corrected chi connectivity index (χ3v) is 5.13. The lowest BCUT2D eigenvalue weighted by Crippen LogP contribution is -2.26. The Balaban J connectivity index is 2.13. The van der Waals surface area contributed by atoms with Crippen LogP contribution < -0.4 is 5.32 Å². The second-order valence-corrected chi connectivity index (χ2v) is 7.10. The highest BCUT2D eigenvalue weighted by Crippen LogP contribution is 2.33. The zero-order valence-electron chi connectivity index (χ0n) is 14.2. The molecule has 0 aliphatic carbocycles. The first-order valence-electron chi connectivity index (χ1n) is 8.43. The van der Waals surface area contributed by atoms with E-state index in [0.717, 1.165) is 25.0 Å². The lowest BCUT2D eigenvalue weighted by atomic mass is 10.0. The summed E-state index contributed by atoms with van der Waals surface area (Å²) in [5, 5.41) is 14.1. The third kappa shape index (κ3) is 5.70.